The summed E-state index contributed by atoms with van der Waals surface area (Å²) in [5.74, 6) is 0.794. The molecule has 1 saturated heterocycles. The summed E-state index contributed by atoms with van der Waals surface area (Å²) in [5.41, 5.74) is 0.398. The van der Waals surface area contributed by atoms with Crippen molar-refractivity contribution >= 4 is 11.8 Å². The van der Waals surface area contributed by atoms with E-state index in [-0.39, 0.29) is 0 Å². The van der Waals surface area contributed by atoms with Crippen LogP contribution in [0.3, 0.4) is 0 Å². The van der Waals surface area contributed by atoms with E-state index in [0.29, 0.717) is 5.25 Å². The maximum Gasteiger partial charge on any atom is 0.416 e. The van der Waals surface area contributed by atoms with Crippen molar-refractivity contribution in [3.05, 3.63) is 35.4 Å². The van der Waals surface area contributed by atoms with Gasteiger partial charge in [0.2, 0.25) is 0 Å². The zero-order valence-electron chi connectivity index (χ0n) is 10.7. The number of benzene rings is 1. The second-order valence-electron chi connectivity index (χ2n) is 4.81. The minimum atomic E-state index is -4.24. The largest absolute Gasteiger partial charge is 0.416 e. The molecule has 0 amide bonds. The Balaban J connectivity index is 1.85. The van der Waals surface area contributed by atoms with E-state index >= 15 is 0 Å². The van der Waals surface area contributed by atoms with Crippen LogP contribution in [0.25, 0.3) is 0 Å². The SMILES string of the molecule is FC(F)(F)c1ccc(CSC2CCCNCC2)cc1. The summed E-state index contributed by atoms with van der Waals surface area (Å²) < 4.78 is 37.3. The first-order chi connectivity index (χ1) is 9.05. The fourth-order valence-corrected chi connectivity index (χ4v) is 3.40. The van der Waals surface area contributed by atoms with Gasteiger partial charge in [0.25, 0.3) is 0 Å². The van der Waals surface area contributed by atoms with Crippen LogP contribution in [0.1, 0.15) is 30.4 Å². The maximum atomic E-state index is 12.4. The van der Waals surface area contributed by atoms with Gasteiger partial charge in [-0.05, 0) is 50.0 Å². The monoisotopic (exact) mass is 289 g/mol. The van der Waals surface area contributed by atoms with Gasteiger partial charge < -0.3 is 5.32 Å². The summed E-state index contributed by atoms with van der Waals surface area (Å²) in [4.78, 5) is 0. The molecule has 19 heavy (non-hydrogen) atoms. The molecule has 0 saturated carbocycles. The van der Waals surface area contributed by atoms with E-state index in [9.17, 15) is 13.2 Å². The van der Waals surface area contributed by atoms with Gasteiger partial charge in [0.05, 0.1) is 5.56 Å². The Bertz CT molecular complexity index is 381. The highest BCUT2D eigenvalue weighted by Crippen LogP contribution is 2.30. The molecule has 0 radical (unpaired) electrons. The second kappa shape index (κ2) is 6.66. The van der Waals surface area contributed by atoms with E-state index in [1.54, 1.807) is 12.1 Å². The number of hydrogen-bond donors (Lipinski definition) is 1. The fraction of sp³-hybridized carbons (Fsp3) is 0.571. The molecular weight excluding hydrogens is 271 g/mol. The first kappa shape index (κ1) is 14.7. The van der Waals surface area contributed by atoms with Crippen LogP contribution in [0.4, 0.5) is 13.2 Å². The second-order valence-corrected chi connectivity index (χ2v) is 6.10. The summed E-state index contributed by atoms with van der Waals surface area (Å²) in [6, 6.07) is 5.52. The Kier molecular flexibility index (Phi) is 5.16. The predicted molar refractivity (Wildman–Crippen MR) is 73.2 cm³/mol. The van der Waals surface area contributed by atoms with Crippen molar-refractivity contribution in [1.82, 2.24) is 5.32 Å². The minimum Gasteiger partial charge on any atom is -0.317 e. The quantitative estimate of drug-likeness (QED) is 0.900. The van der Waals surface area contributed by atoms with Crippen LogP contribution in [-0.2, 0) is 11.9 Å². The molecule has 1 nitrogen and oxygen atoms in total. The number of nitrogens with one attached hydrogen (secondary N) is 1. The van der Waals surface area contributed by atoms with Gasteiger partial charge in [0.1, 0.15) is 0 Å². The summed E-state index contributed by atoms with van der Waals surface area (Å²) in [6.45, 7) is 2.13. The van der Waals surface area contributed by atoms with Gasteiger partial charge >= 0.3 is 6.18 Å². The fourth-order valence-electron chi connectivity index (χ4n) is 2.16. The Labute approximate surface area is 116 Å². The van der Waals surface area contributed by atoms with Crippen molar-refractivity contribution in [2.75, 3.05) is 13.1 Å². The first-order valence-electron chi connectivity index (χ1n) is 6.54. The molecule has 1 aliphatic heterocycles. The normalized spacial score (nSPS) is 21.1. The standard InChI is InChI=1S/C14H18F3NS/c15-14(16,17)12-5-3-11(4-6-12)10-19-13-2-1-8-18-9-7-13/h3-6,13,18H,1-2,7-10H2. The Morgan fingerprint density at radius 2 is 1.84 bits per heavy atom. The van der Waals surface area contributed by atoms with Gasteiger partial charge in [-0.15, -0.1) is 0 Å². The van der Waals surface area contributed by atoms with Crippen molar-refractivity contribution in [3.63, 3.8) is 0 Å². The van der Waals surface area contributed by atoms with Crippen LogP contribution in [0.5, 0.6) is 0 Å². The zero-order valence-corrected chi connectivity index (χ0v) is 11.5. The molecule has 0 bridgehead atoms. The lowest BCUT2D eigenvalue weighted by Crippen LogP contribution is -2.14. The van der Waals surface area contributed by atoms with Crippen LogP contribution in [0.2, 0.25) is 0 Å². The van der Waals surface area contributed by atoms with Gasteiger partial charge in [0.15, 0.2) is 0 Å². The van der Waals surface area contributed by atoms with Crippen molar-refractivity contribution < 1.29 is 13.2 Å². The van der Waals surface area contributed by atoms with E-state index < -0.39 is 11.7 Å². The molecule has 1 aromatic rings. The molecule has 0 aliphatic carbocycles. The topological polar surface area (TPSA) is 12.0 Å². The average Bonchev–Trinajstić information content (AvgIpc) is 2.64. The molecule has 0 aromatic heterocycles. The van der Waals surface area contributed by atoms with Gasteiger partial charge in [0, 0.05) is 11.0 Å². The van der Waals surface area contributed by atoms with E-state index in [4.69, 9.17) is 0 Å². The third kappa shape index (κ3) is 4.73. The van der Waals surface area contributed by atoms with Crippen molar-refractivity contribution in [3.8, 4) is 0 Å². The van der Waals surface area contributed by atoms with Crippen LogP contribution in [-0.4, -0.2) is 18.3 Å². The van der Waals surface area contributed by atoms with E-state index in [2.05, 4.69) is 5.32 Å². The highest BCUT2D eigenvalue weighted by atomic mass is 32.2. The molecular formula is C14H18F3NS. The Morgan fingerprint density at radius 3 is 2.53 bits per heavy atom. The number of rotatable bonds is 3. The van der Waals surface area contributed by atoms with Crippen LogP contribution in [0, 0.1) is 0 Å². The predicted octanol–water partition coefficient (Wildman–Crippen LogP) is 4.08. The molecule has 1 unspecified atom stereocenters. The van der Waals surface area contributed by atoms with Crippen molar-refractivity contribution in [2.45, 2.75) is 36.4 Å². The number of halogens is 3. The number of hydrogen-bond acceptors (Lipinski definition) is 2. The van der Waals surface area contributed by atoms with Gasteiger partial charge in [-0.3, -0.25) is 0 Å². The molecule has 0 spiro atoms. The smallest absolute Gasteiger partial charge is 0.317 e. The molecule has 5 heteroatoms. The zero-order chi connectivity index (χ0) is 13.7. The average molecular weight is 289 g/mol. The summed E-state index contributed by atoms with van der Waals surface area (Å²) >= 11 is 1.86. The van der Waals surface area contributed by atoms with Crippen LogP contribution in [0.15, 0.2) is 24.3 Å². The van der Waals surface area contributed by atoms with Gasteiger partial charge in [-0.2, -0.15) is 24.9 Å². The van der Waals surface area contributed by atoms with E-state index in [1.807, 2.05) is 11.8 Å². The van der Waals surface area contributed by atoms with Crippen LogP contribution < -0.4 is 5.32 Å². The Hall–Kier alpha value is -0.680. The lowest BCUT2D eigenvalue weighted by Gasteiger charge is -2.13. The lowest BCUT2D eigenvalue weighted by molar-refractivity contribution is -0.137. The molecule has 1 atom stereocenters. The van der Waals surface area contributed by atoms with Crippen molar-refractivity contribution in [2.24, 2.45) is 0 Å². The molecule has 1 N–H and O–H groups in total. The highest BCUT2D eigenvalue weighted by molar-refractivity contribution is 7.99. The lowest BCUT2D eigenvalue weighted by atomic mass is 10.1. The summed E-state index contributed by atoms with van der Waals surface area (Å²) in [5, 5.41) is 3.98. The van der Waals surface area contributed by atoms with Crippen LogP contribution >= 0.6 is 11.8 Å². The molecule has 1 aromatic carbocycles. The Morgan fingerprint density at radius 1 is 1.11 bits per heavy atom. The third-order valence-electron chi connectivity index (χ3n) is 3.29. The van der Waals surface area contributed by atoms with Gasteiger partial charge in [-0.25, -0.2) is 0 Å². The first-order valence-corrected chi connectivity index (χ1v) is 7.59. The molecule has 2 rings (SSSR count). The molecule has 1 aliphatic rings. The van der Waals surface area contributed by atoms with E-state index in [0.717, 1.165) is 30.8 Å². The minimum absolute atomic E-state index is 0.570. The van der Waals surface area contributed by atoms with Crippen molar-refractivity contribution in [1.29, 1.82) is 0 Å². The van der Waals surface area contributed by atoms with E-state index in [1.165, 1.54) is 25.0 Å². The number of alkyl halides is 3. The third-order valence-corrected chi connectivity index (χ3v) is 4.73. The summed E-state index contributed by atoms with van der Waals surface area (Å²) in [7, 11) is 0. The van der Waals surface area contributed by atoms with Gasteiger partial charge in [-0.1, -0.05) is 12.1 Å². The molecule has 106 valence electrons. The number of thioether (sulfide) groups is 1. The molecule has 1 heterocycles. The molecule has 1 fully saturated rings. The summed E-state index contributed by atoms with van der Waals surface area (Å²) in [6.07, 6.45) is -0.715. The highest BCUT2D eigenvalue weighted by Gasteiger charge is 2.29. The maximum absolute atomic E-state index is 12.4.